The number of nitrogens with zero attached hydrogens (tertiary/aromatic N) is 2. The Bertz CT molecular complexity index is 268. The van der Waals surface area contributed by atoms with Crippen LogP contribution >= 0.6 is 0 Å². The third-order valence-electron chi connectivity index (χ3n) is 4.61. The Morgan fingerprint density at radius 3 is 2.56 bits per heavy atom. The van der Waals surface area contributed by atoms with Gasteiger partial charge in [0.25, 0.3) is 0 Å². The van der Waals surface area contributed by atoms with E-state index in [1.54, 1.807) is 0 Å². The SMILES string of the molecule is COCC(CN)(C1CC1)N1CCCC1CN(C)C. The van der Waals surface area contributed by atoms with Gasteiger partial charge in [-0.25, -0.2) is 0 Å². The number of hydrogen-bond donors (Lipinski definition) is 1. The summed E-state index contributed by atoms with van der Waals surface area (Å²) in [4.78, 5) is 4.97. The first-order valence-corrected chi connectivity index (χ1v) is 7.24. The average Bonchev–Trinajstić information content (AvgIpc) is 3.08. The van der Waals surface area contributed by atoms with Crippen LogP contribution in [-0.4, -0.2) is 68.8 Å². The first kappa shape index (κ1) is 14.3. The number of nitrogens with two attached hydrogens (primary N) is 1. The highest BCUT2D eigenvalue weighted by atomic mass is 16.5. The fraction of sp³-hybridized carbons (Fsp3) is 1.00. The summed E-state index contributed by atoms with van der Waals surface area (Å²) < 4.78 is 5.53. The lowest BCUT2D eigenvalue weighted by Gasteiger charge is -2.45. The minimum absolute atomic E-state index is 0.103. The van der Waals surface area contributed by atoms with Gasteiger partial charge in [0.15, 0.2) is 0 Å². The summed E-state index contributed by atoms with van der Waals surface area (Å²) in [5, 5.41) is 0. The number of ether oxygens (including phenoxy) is 1. The van der Waals surface area contributed by atoms with Gasteiger partial charge in [-0.15, -0.1) is 0 Å². The van der Waals surface area contributed by atoms with Crippen molar-refractivity contribution in [2.24, 2.45) is 11.7 Å². The molecular formula is C14H29N3O. The Morgan fingerprint density at radius 2 is 2.06 bits per heavy atom. The van der Waals surface area contributed by atoms with Crippen LogP contribution in [0.25, 0.3) is 0 Å². The molecule has 2 unspecified atom stereocenters. The van der Waals surface area contributed by atoms with Gasteiger partial charge in [0.05, 0.1) is 12.1 Å². The largest absolute Gasteiger partial charge is 0.383 e. The zero-order valence-electron chi connectivity index (χ0n) is 12.2. The van der Waals surface area contributed by atoms with E-state index in [0.29, 0.717) is 6.04 Å². The fourth-order valence-corrected chi connectivity index (χ4v) is 3.68. The summed E-state index contributed by atoms with van der Waals surface area (Å²) in [5.41, 5.74) is 6.28. The van der Waals surface area contributed by atoms with Crippen LogP contribution in [0.4, 0.5) is 0 Å². The minimum Gasteiger partial charge on any atom is -0.383 e. The Hall–Kier alpha value is -0.160. The third-order valence-corrected chi connectivity index (χ3v) is 4.61. The molecule has 4 nitrogen and oxygen atoms in total. The topological polar surface area (TPSA) is 41.7 Å². The van der Waals surface area contributed by atoms with E-state index in [4.69, 9.17) is 10.5 Å². The normalized spacial score (nSPS) is 28.8. The van der Waals surface area contributed by atoms with Gasteiger partial charge in [0, 0.05) is 26.2 Å². The molecule has 1 saturated carbocycles. The van der Waals surface area contributed by atoms with E-state index in [1.165, 1.54) is 32.2 Å². The van der Waals surface area contributed by atoms with Crippen LogP contribution in [0.1, 0.15) is 25.7 Å². The predicted octanol–water partition coefficient (Wildman–Crippen LogP) is 0.766. The summed E-state index contributed by atoms with van der Waals surface area (Å²) in [5.74, 6) is 0.755. The van der Waals surface area contributed by atoms with E-state index in [0.717, 1.165) is 25.6 Å². The van der Waals surface area contributed by atoms with Crippen molar-refractivity contribution in [3.8, 4) is 0 Å². The van der Waals surface area contributed by atoms with Gasteiger partial charge in [-0.05, 0) is 52.2 Å². The lowest BCUT2D eigenvalue weighted by molar-refractivity contribution is -0.0132. The Balaban J connectivity index is 2.13. The number of methoxy groups -OCH3 is 1. The van der Waals surface area contributed by atoms with Crippen LogP contribution in [0.15, 0.2) is 0 Å². The monoisotopic (exact) mass is 255 g/mol. The molecule has 2 aliphatic rings. The van der Waals surface area contributed by atoms with Crippen LogP contribution in [-0.2, 0) is 4.74 Å². The molecule has 0 radical (unpaired) electrons. The molecule has 1 saturated heterocycles. The summed E-state index contributed by atoms with van der Waals surface area (Å²) in [7, 11) is 6.13. The molecule has 2 fully saturated rings. The lowest BCUT2D eigenvalue weighted by Crippen LogP contribution is -2.61. The maximum atomic E-state index is 6.17. The molecule has 2 rings (SSSR count). The van der Waals surface area contributed by atoms with Crippen LogP contribution in [0, 0.1) is 5.92 Å². The second-order valence-corrected chi connectivity index (χ2v) is 6.27. The lowest BCUT2D eigenvalue weighted by atomic mass is 9.90. The Kier molecular flexibility index (Phi) is 4.64. The van der Waals surface area contributed by atoms with Gasteiger partial charge in [-0.3, -0.25) is 4.90 Å². The Morgan fingerprint density at radius 1 is 1.33 bits per heavy atom. The molecule has 18 heavy (non-hydrogen) atoms. The van der Waals surface area contributed by atoms with E-state index >= 15 is 0 Å². The van der Waals surface area contributed by atoms with Crippen LogP contribution < -0.4 is 5.73 Å². The van der Waals surface area contributed by atoms with E-state index in [2.05, 4.69) is 23.9 Å². The maximum absolute atomic E-state index is 6.17. The number of rotatable bonds is 7. The number of hydrogen-bond acceptors (Lipinski definition) is 4. The van der Waals surface area contributed by atoms with Crippen LogP contribution in [0.3, 0.4) is 0 Å². The third kappa shape index (κ3) is 2.72. The van der Waals surface area contributed by atoms with E-state index in [1.807, 2.05) is 7.11 Å². The molecule has 1 heterocycles. The van der Waals surface area contributed by atoms with E-state index < -0.39 is 0 Å². The molecule has 0 aromatic rings. The van der Waals surface area contributed by atoms with E-state index in [-0.39, 0.29) is 5.54 Å². The molecular weight excluding hydrogens is 226 g/mol. The second kappa shape index (κ2) is 5.87. The second-order valence-electron chi connectivity index (χ2n) is 6.27. The molecule has 4 heteroatoms. The van der Waals surface area contributed by atoms with Crippen molar-refractivity contribution in [2.75, 3.05) is 47.4 Å². The molecule has 106 valence electrons. The van der Waals surface area contributed by atoms with Crippen LogP contribution in [0.5, 0.6) is 0 Å². The summed E-state index contributed by atoms with van der Waals surface area (Å²) in [6, 6.07) is 0.652. The van der Waals surface area contributed by atoms with Crippen LogP contribution in [0.2, 0.25) is 0 Å². The van der Waals surface area contributed by atoms with Gasteiger partial charge in [0.1, 0.15) is 0 Å². The zero-order valence-corrected chi connectivity index (χ0v) is 12.2. The molecule has 0 amide bonds. The zero-order chi connectivity index (χ0) is 13.2. The summed E-state index contributed by atoms with van der Waals surface area (Å²) in [6.45, 7) is 3.85. The molecule has 0 aromatic heterocycles. The van der Waals surface area contributed by atoms with Crippen molar-refractivity contribution in [3.05, 3.63) is 0 Å². The highest BCUT2D eigenvalue weighted by Crippen LogP contribution is 2.45. The highest BCUT2D eigenvalue weighted by molar-refractivity contribution is 5.07. The molecule has 1 aliphatic heterocycles. The smallest absolute Gasteiger partial charge is 0.0661 e. The van der Waals surface area contributed by atoms with Gasteiger partial charge in [-0.2, -0.15) is 0 Å². The van der Waals surface area contributed by atoms with Gasteiger partial charge < -0.3 is 15.4 Å². The predicted molar refractivity (Wildman–Crippen MR) is 74.7 cm³/mol. The maximum Gasteiger partial charge on any atom is 0.0661 e. The quantitative estimate of drug-likeness (QED) is 0.729. The van der Waals surface area contributed by atoms with Crippen molar-refractivity contribution in [2.45, 2.75) is 37.3 Å². The molecule has 0 spiro atoms. The Labute approximate surface area is 111 Å². The molecule has 2 atom stereocenters. The first-order chi connectivity index (χ1) is 8.64. The van der Waals surface area contributed by atoms with Crippen molar-refractivity contribution < 1.29 is 4.74 Å². The first-order valence-electron chi connectivity index (χ1n) is 7.24. The van der Waals surface area contributed by atoms with Gasteiger partial charge in [-0.1, -0.05) is 0 Å². The highest BCUT2D eigenvalue weighted by Gasteiger charge is 2.51. The summed E-state index contributed by atoms with van der Waals surface area (Å²) >= 11 is 0. The fourth-order valence-electron chi connectivity index (χ4n) is 3.68. The summed E-state index contributed by atoms with van der Waals surface area (Å²) in [6.07, 6.45) is 5.25. The van der Waals surface area contributed by atoms with Crippen molar-refractivity contribution >= 4 is 0 Å². The van der Waals surface area contributed by atoms with Gasteiger partial charge >= 0.3 is 0 Å². The number of likely N-dealkylation sites (tertiary alicyclic amines) is 1. The number of likely N-dealkylation sites (N-methyl/N-ethyl adjacent to an activating group) is 1. The minimum atomic E-state index is 0.103. The van der Waals surface area contributed by atoms with Gasteiger partial charge in [0.2, 0.25) is 0 Å². The van der Waals surface area contributed by atoms with Crippen molar-refractivity contribution in [3.63, 3.8) is 0 Å². The van der Waals surface area contributed by atoms with Crippen molar-refractivity contribution in [1.82, 2.24) is 9.80 Å². The molecule has 2 N–H and O–H groups in total. The standard InChI is InChI=1S/C14H29N3O/c1-16(2)9-13-5-4-8-17(13)14(10-15,11-18-3)12-6-7-12/h12-13H,4-11,15H2,1-3H3. The average molecular weight is 255 g/mol. The molecule has 0 bridgehead atoms. The van der Waals surface area contributed by atoms with E-state index in [9.17, 15) is 0 Å². The van der Waals surface area contributed by atoms with Crippen molar-refractivity contribution in [1.29, 1.82) is 0 Å². The molecule has 1 aliphatic carbocycles. The molecule has 0 aromatic carbocycles.